The number of fused-ring (bicyclic) bond motifs is 1. The number of nitrogens with zero attached hydrogens (tertiary/aromatic N) is 2. The second-order valence-electron chi connectivity index (χ2n) is 6.74. The molecule has 26 heavy (non-hydrogen) atoms. The zero-order valence-electron chi connectivity index (χ0n) is 14.3. The minimum absolute atomic E-state index is 0.0811. The molecule has 5 heteroatoms. The smallest absolute Gasteiger partial charge is 0.187 e. The maximum Gasteiger partial charge on any atom is 0.187 e. The first kappa shape index (κ1) is 17.3. The molecule has 0 radical (unpaired) electrons. The number of hydrogen-bond acceptors (Lipinski definition) is 2. The van der Waals surface area contributed by atoms with E-state index in [0.29, 0.717) is 11.0 Å². The summed E-state index contributed by atoms with van der Waals surface area (Å²) in [4.78, 5) is 0. The quantitative estimate of drug-likeness (QED) is 0.728. The summed E-state index contributed by atoms with van der Waals surface area (Å²) in [7, 11) is 0. The summed E-state index contributed by atoms with van der Waals surface area (Å²) in [6, 6.07) is 18.4. The zero-order chi connectivity index (χ0) is 18.1. The summed E-state index contributed by atoms with van der Waals surface area (Å²) >= 11 is 11.3. The highest BCUT2D eigenvalue weighted by molar-refractivity contribution is 7.80. The lowest BCUT2D eigenvalue weighted by Crippen LogP contribution is -2.34. The van der Waals surface area contributed by atoms with Crippen molar-refractivity contribution in [2.45, 2.75) is 25.3 Å². The molecule has 132 valence electrons. The van der Waals surface area contributed by atoms with Gasteiger partial charge < -0.3 is 5.73 Å². The highest BCUT2D eigenvalue weighted by Crippen LogP contribution is 2.44. The lowest BCUT2D eigenvalue weighted by atomic mass is 9.77. The third-order valence-corrected chi connectivity index (χ3v) is 5.52. The van der Waals surface area contributed by atoms with Gasteiger partial charge in [0.2, 0.25) is 0 Å². The van der Waals surface area contributed by atoms with Gasteiger partial charge in [0.25, 0.3) is 0 Å². The van der Waals surface area contributed by atoms with Crippen LogP contribution in [0.1, 0.15) is 36.4 Å². The van der Waals surface area contributed by atoms with E-state index in [2.05, 4.69) is 30.3 Å². The molecular formula is C21H20ClN3S. The molecule has 1 aliphatic carbocycles. The Hall–Kier alpha value is -2.17. The van der Waals surface area contributed by atoms with Gasteiger partial charge in [-0.3, -0.25) is 0 Å². The Morgan fingerprint density at radius 3 is 2.58 bits per heavy atom. The van der Waals surface area contributed by atoms with E-state index in [-0.39, 0.29) is 6.04 Å². The Balaban J connectivity index is 1.72. The molecule has 2 aromatic carbocycles. The number of nitrogens with two attached hydrogens (primary N) is 1. The van der Waals surface area contributed by atoms with Crippen LogP contribution in [-0.2, 0) is 0 Å². The van der Waals surface area contributed by atoms with Gasteiger partial charge in [-0.2, -0.15) is 5.10 Å². The van der Waals surface area contributed by atoms with Gasteiger partial charge in [-0.05, 0) is 66.4 Å². The van der Waals surface area contributed by atoms with Gasteiger partial charge in [-0.25, -0.2) is 5.01 Å². The highest BCUT2D eigenvalue weighted by Gasteiger charge is 2.42. The van der Waals surface area contributed by atoms with Crippen LogP contribution < -0.4 is 5.73 Å². The van der Waals surface area contributed by atoms with Crippen molar-refractivity contribution in [3.8, 4) is 0 Å². The molecule has 2 aromatic rings. The summed E-state index contributed by atoms with van der Waals surface area (Å²) in [5.74, 6) is 0.311. The van der Waals surface area contributed by atoms with Crippen molar-refractivity contribution in [2.75, 3.05) is 0 Å². The van der Waals surface area contributed by atoms with Crippen LogP contribution in [0.15, 0.2) is 65.3 Å². The lowest BCUT2D eigenvalue weighted by molar-refractivity contribution is 0.305. The second-order valence-corrected chi connectivity index (χ2v) is 7.60. The molecule has 0 bridgehead atoms. The van der Waals surface area contributed by atoms with Gasteiger partial charge in [0, 0.05) is 10.9 Å². The van der Waals surface area contributed by atoms with Crippen molar-refractivity contribution in [3.05, 3.63) is 76.3 Å². The molecule has 4 rings (SSSR count). The third kappa shape index (κ3) is 3.27. The Morgan fingerprint density at radius 1 is 1.15 bits per heavy atom. The molecule has 1 heterocycles. The van der Waals surface area contributed by atoms with Gasteiger partial charge in [0.15, 0.2) is 5.11 Å². The van der Waals surface area contributed by atoms with Crippen LogP contribution in [0.5, 0.6) is 0 Å². The number of hydrogen-bond donors (Lipinski definition) is 1. The minimum Gasteiger partial charge on any atom is -0.375 e. The van der Waals surface area contributed by atoms with E-state index < -0.39 is 0 Å². The molecule has 2 aliphatic rings. The fourth-order valence-electron chi connectivity index (χ4n) is 3.93. The molecule has 0 spiro atoms. The molecule has 0 unspecified atom stereocenters. The lowest BCUT2D eigenvalue weighted by Gasteiger charge is -2.29. The zero-order valence-corrected chi connectivity index (χ0v) is 15.9. The number of benzene rings is 2. The van der Waals surface area contributed by atoms with E-state index in [1.165, 1.54) is 11.1 Å². The maximum absolute atomic E-state index is 6.01. The van der Waals surface area contributed by atoms with Crippen LogP contribution >= 0.6 is 23.8 Å². The van der Waals surface area contributed by atoms with Gasteiger partial charge in [0.05, 0.1) is 11.8 Å². The average Bonchev–Trinajstić information content (AvgIpc) is 3.05. The summed E-state index contributed by atoms with van der Waals surface area (Å²) in [6.45, 7) is 0. The molecule has 2 atom stereocenters. The standard InChI is InChI=1S/C21H20ClN3S/c22-17-11-9-14(10-12-17)13-16-7-4-8-18-19(16)24-25(21(23)26)20(18)15-5-2-1-3-6-15/h1-3,5-6,9-13,18,20H,4,7-8H2,(H2,23,26)/b16-13-/t18-,20+/m1/s1. The number of allylic oxidation sites excluding steroid dienone is 1. The molecule has 1 aliphatic heterocycles. The molecule has 1 saturated carbocycles. The number of thiocarbonyl (C=S) groups is 1. The predicted molar refractivity (Wildman–Crippen MR) is 112 cm³/mol. The summed E-state index contributed by atoms with van der Waals surface area (Å²) in [5, 5.41) is 7.75. The molecule has 1 fully saturated rings. The van der Waals surface area contributed by atoms with Crippen molar-refractivity contribution >= 4 is 40.7 Å². The van der Waals surface area contributed by atoms with Gasteiger partial charge >= 0.3 is 0 Å². The maximum atomic E-state index is 6.01. The predicted octanol–water partition coefficient (Wildman–Crippen LogP) is 5.18. The first-order valence-corrected chi connectivity index (χ1v) is 9.61. The second kappa shape index (κ2) is 7.22. The van der Waals surface area contributed by atoms with Crippen molar-refractivity contribution in [1.29, 1.82) is 0 Å². The van der Waals surface area contributed by atoms with Crippen molar-refractivity contribution in [1.82, 2.24) is 5.01 Å². The van der Waals surface area contributed by atoms with E-state index in [4.69, 9.17) is 34.7 Å². The van der Waals surface area contributed by atoms with Crippen LogP contribution in [0.4, 0.5) is 0 Å². The monoisotopic (exact) mass is 381 g/mol. The molecule has 0 saturated heterocycles. The number of hydrazone groups is 1. The van der Waals surface area contributed by atoms with Crippen LogP contribution in [-0.4, -0.2) is 15.8 Å². The average molecular weight is 382 g/mol. The largest absolute Gasteiger partial charge is 0.375 e. The van der Waals surface area contributed by atoms with Gasteiger partial charge in [-0.1, -0.05) is 54.1 Å². The van der Waals surface area contributed by atoms with E-state index in [1.807, 2.05) is 35.3 Å². The molecule has 0 amide bonds. The molecule has 3 nitrogen and oxygen atoms in total. The van der Waals surface area contributed by atoms with Crippen LogP contribution in [0.25, 0.3) is 6.08 Å². The van der Waals surface area contributed by atoms with Crippen molar-refractivity contribution in [2.24, 2.45) is 16.8 Å². The van der Waals surface area contributed by atoms with E-state index in [0.717, 1.165) is 35.6 Å². The fourth-order valence-corrected chi connectivity index (χ4v) is 4.21. The number of rotatable bonds is 2. The summed E-state index contributed by atoms with van der Waals surface area (Å²) < 4.78 is 0. The number of halogens is 1. The van der Waals surface area contributed by atoms with Crippen molar-refractivity contribution in [3.63, 3.8) is 0 Å². The topological polar surface area (TPSA) is 41.6 Å². The third-order valence-electron chi connectivity index (χ3n) is 5.08. The highest BCUT2D eigenvalue weighted by atomic mass is 35.5. The van der Waals surface area contributed by atoms with Crippen LogP contribution in [0.2, 0.25) is 5.02 Å². The van der Waals surface area contributed by atoms with Crippen molar-refractivity contribution < 1.29 is 0 Å². The Kier molecular flexibility index (Phi) is 4.79. The molecular weight excluding hydrogens is 362 g/mol. The Morgan fingerprint density at radius 2 is 1.88 bits per heavy atom. The first-order chi connectivity index (χ1) is 12.6. The van der Waals surface area contributed by atoms with E-state index in [1.54, 1.807) is 0 Å². The summed E-state index contributed by atoms with van der Waals surface area (Å²) in [6.07, 6.45) is 5.46. The van der Waals surface area contributed by atoms with E-state index >= 15 is 0 Å². The van der Waals surface area contributed by atoms with Crippen LogP contribution in [0, 0.1) is 5.92 Å². The first-order valence-electron chi connectivity index (χ1n) is 8.82. The fraction of sp³-hybridized carbons (Fsp3) is 0.238. The normalized spacial score (nSPS) is 23.7. The van der Waals surface area contributed by atoms with Gasteiger partial charge in [-0.15, -0.1) is 0 Å². The molecule has 2 N–H and O–H groups in total. The van der Waals surface area contributed by atoms with E-state index in [9.17, 15) is 0 Å². The Bertz CT molecular complexity index is 874. The summed E-state index contributed by atoms with van der Waals surface area (Å²) in [5.41, 5.74) is 10.7. The van der Waals surface area contributed by atoms with Gasteiger partial charge in [0.1, 0.15) is 0 Å². The van der Waals surface area contributed by atoms with Crippen LogP contribution in [0.3, 0.4) is 0 Å². The Labute approximate surface area is 164 Å². The molecule has 0 aromatic heterocycles. The minimum atomic E-state index is 0.0811. The SMILES string of the molecule is NC(=S)N1N=C2/C(=C\c3ccc(Cl)cc3)CCC[C@H]2[C@@H]1c1ccccc1.